The average Bonchev–Trinajstić information content (AvgIpc) is 2.69. The normalized spacial score (nSPS) is 11.4. The predicted octanol–water partition coefficient (Wildman–Crippen LogP) is 2.80. The summed E-state index contributed by atoms with van der Waals surface area (Å²) >= 11 is 1.51. The number of benzene rings is 1. The Hall–Kier alpha value is -2.61. The lowest BCUT2D eigenvalue weighted by molar-refractivity contribution is 0.414. The number of fused-ring (bicyclic) bond motifs is 1. The van der Waals surface area contributed by atoms with Crippen molar-refractivity contribution < 1.29 is 4.74 Å². The van der Waals surface area contributed by atoms with Crippen LogP contribution in [-0.2, 0) is 20.0 Å². The van der Waals surface area contributed by atoms with Crippen molar-refractivity contribution in [3.05, 3.63) is 56.5 Å². The van der Waals surface area contributed by atoms with E-state index in [2.05, 4.69) is 9.97 Å². The van der Waals surface area contributed by atoms with Crippen LogP contribution in [0.2, 0.25) is 0 Å². The molecule has 0 bridgehead atoms. The first-order chi connectivity index (χ1) is 13.8. The summed E-state index contributed by atoms with van der Waals surface area (Å²) in [5.41, 5.74) is 0.907. The number of rotatable bonds is 7. The summed E-state index contributed by atoms with van der Waals surface area (Å²) < 4.78 is 7.93. The molecule has 3 rings (SSSR count). The van der Waals surface area contributed by atoms with Crippen molar-refractivity contribution in [2.24, 2.45) is 13.0 Å². The van der Waals surface area contributed by atoms with Gasteiger partial charge in [-0.15, -0.1) is 11.8 Å². The molecule has 0 atom stereocenters. The number of methoxy groups -OCH3 is 1. The Morgan fingerprint density at radius 3 is 2.45 bits per heavy atom. The molecule has 154 valence electrons. The van der Waals surface area contributed by atoms with E-state index < -0.39 is 0 Å². The number of hydrogen-bond donors (Lipinski definition) is 0. The molecule has 0 fully saturated rings. The Morgan fingerprint density at radius 1 is 1.14 bits per heavy atom. The SMILES string of the molecule is COc1ccc(CCSc2nc(C)nc3c2c(=O)n(C)c(=O)n3CC(C)C)cc1. The van der Waals surface area contributed by atoms with E-state index in [1.165, 1.54) is 24.4 Å². The Bertz CT molecular complexity index is 1130. The van der Waals surface area contributed by atoms with Gasteiger partial charge in [0.25, 0.3) is 5.56 Å². The molecule has 2 aromatic heterocycles. The van der Waals surface area contributed by atoms with Gasteiger partial charge in [0.05, 0.1) is 7.11 Å². The molecule has 1 aromatic carbocycles. The fourth-order valence-electron chi connectivity index (χ4n) is 3.13. The van der Waals surface area contributed by atoms with Gasteiger partial charge in [-0.3, -0.25) is 13.9 Å². The summed E-state index contributed by atoms with van der Waals surface area (Å²) in [6.07, 6.45) is 0.825. The molecule has 0 saturated carbocycles. The van der Waals surface area contributed by atoms with Crippen LogP contribution >= 0.6 is 11.8 Å². The first-order valence-electron chi connectivity index (χ1n) is 9.55. The highest BCUT2D eigenvalue weighted by molar-refractivity contribution is 7.99. The molecule has 0 spiro atoms. The molecule has 0 unspecified atom stereocenters. The molecule has 8 heteroatoms. The molecular formula is C21H26N4O3S. The summed E-state index contributed by atoms with van der Waals surface area (Å²) in [4.78, 5) is 34.5. The van der Waals surface area contributed by atoms with Gasteiger partial charge in [0.2, 0.25) is 0 Å². The molecule has 0 radical (unpaired) electrons. The van der Waals surface area contributed by atoms with Gasteiger partial charge < -0.3 is 4.74 Å². The Balaban J connectivity index is 1.98. The molecule has 0 aliphatic heterocycles. The number of thioether (sulfide) groups is 1. The molecule has 3 aromatic rings. The van der Waals surface area contributed by atoms with Crippen LogP contribution in [0.3, 0.4) is 0 Å². The highest BCUT2D eigenvalue weighted by Crippen LogP contribution is 2.24. The predicted molar refractivity (Wildman–Crippen MR) is 116 cm³/mol. The lowest BCUT2D eigenvalue weighted by Gasteiger charge is -2.15. The summed E-state index contributed by atoms with van der Waals surface area (Å²) in [7, 11) is 3.15. The molecule has 0 saturated heterocycles. The van der Waals surface area contributed by atoms with Crippen molar-refractivity contribution >= 4 is 22.8 Å². The van der Waals surface area contributed by atoms with Crippen LogP contribution in [0.25, 0.3) is 11.0 Å². The molecule has 7 nitrogen and oxygen atoms in total. The average molecular weight is 415 g/mol. The number of ether oxygens (including phenoxy) is 1. The fourth-order valence-corrected chi connectivity index (χ4v) is 4.18. The Kier molecular flexibility index (Phi) is 6.42. The van der Waals surface area contributed by atoms with Crippen LogP contribution in [0.4, 0.5) is 0 Å². The first-order valence-corrected chi connectivity index (χ1v) is 10.5. The summed E-state index contributed by atoms with van der Waals surface area (Å²) in [6.45, 7) is 6.34. The summed E-state index contributed by atoms with van der Waals surface area (Å²) in [6, 6.07) is 7.93. The van der Waals surface area contributed by atoms with Crippen molar-refractivity contribution in [3.63, 3.8) is 0 Å². The second kappa shape index (κ2) is 8.82. The van der Waals surface area contributed by atoms with Crippen molar-refractivity contribution in [3.8, 4) is 5.75 Å². The zero-order valence-corrected chi connectivity index (χ0v) is 18.2. The van der Waals surface area contributed by atoms with Crippen LogP contribution in [0.5, 0.6) is 5.75 Å². The van der Waals surface area contributed by atoms with Gasteiger partial charge in [0.15, 0.2) is 5.65 Å². The van der Waals surface area contributed by atoms with Crippen molar-refractivity contribution in [2.45, 2.75) is 38.8 Å². The number of hydrogen-bond acceptors (Lipinski definition) is 6. The molecule has 0 N–H and O–H groups in total. The van der Waals surface area contributed by atoms with Crippen molar-refractivity contribution in [2.75, 3.05) is 12.9 Å². The zero-order valence-electron chi connectivity index (χ0n) is 17.4. The van der Waals surface area contributed by atoms with E-state index in [9.17, 15) is 9.59 Å². The third-order valence-corrected chi connectivity index (χ3v) is 5.57. The fraction of sp³-hybridized carbons (Fsp3) is 0.429. The zero-order chi connectivity index (χ0) is 21.1. The van der Waals surface area contributed by atoms with E-state index in [1.807, 2.05) is 38.1 Å². The minimum atomic E-state index is -0.350. The summed E-state index contributed by atoms with van der Waals surface area (Å²) in [5.74, 6) is 2.37. The number of aromatic nitrogens is 4. The van der Waals surface area contributed by atoms with Gasteiger partial charge in [0.1, 0.15) is 22.0 Å². The minimum absolute atomic E-state index is 0.245. The molecular weight excluding hydrogens is 388 g/mol. The summed E-state index contributed by atoms with van der Waals surface area (Å²) in [5, 5.41) is 1.04. The van der Waals surface area contributed by atoms with Gasteiger partial charge in [-0.05, 0) is 37.0 Å². The maximum atomic E-state index is 12.9. The number of aryl methyl sites for hydroxylation is 2. The lowest BCUT2D eigenvalue weighted by atomic mass is 10.2. The highest BCUT2D eigenvalue weighted by atomic mass is 32.2. The van der Waals surface area contributed by atoms with Gasteiger partial charge in [-0.1, -0.05) is 26.0 Å². The van der Waals surface area contributed by atoms with Crippen LogP contribution < -0.4 is 16.0 Å². The van der Waals surface area contributed by atoms with Gasteiger partial charge >= 0.3 is 5.69 Å². The standard InChI is InChI=1S/C21H26N4O3S/c1-13(2)12-25-18-17(20(26)24(4)21(25)27)19(23-14(3)22-18)29-11-10-15-6-8-16(28-5)9-7-15/h6-9,13H,10-12H2,1-5H3. The van der Waals surface area contributed by atoms with Crippen LogP contribution in [0, 0.1) is 12.8 Å². The largest absolute Gasteiger partial charge is 0.497 e. The van der Waals surface area contributed by atoms with E-state index in [0.29, 0.717) is 28.4 Å². The van der Waals surface area contributed by atoms with E-state index in [4.69, 9.17) is 4.74 Å². The number of nitrogens with zero attached hydrogens (tertiary/aromatic N) is 4. The van der Waals surface area contributed by atoms with Crippen LogP contribution in [0.1, 0.15) is 25.2 Å². The molecule has 0 amide bonds. The van der Waals surface area contributed by atoms with Crippen LogP contribution in [0.15, 0.2) is 38.9 Å². The van der Waals surface area contributed by atoms with E-state index >= 15 is 0 Å². The quantitative estimate of drug-likeness (QED) is 0.437. The molecule has 2 heterocycles. The monoisotopic (exact) mass is 414 g/mol. The molecule has 0 aliphatic rings. The van der Waals surface area contributed by atoms with Crippen molar-refractivity contribution in [1.82, 2.24) is 19.1 Å². The topological polar surface area (TPSA) is 79.0 Å². The molecule has 0 aliphatic carbocycles. The van der Waals surface area contributed by atoms with Crippen LogP contribution in [-0.4, -0.2) is 32.0 Å². The minimum Gasteiger partial charge on any atom is -0.497 e. The van der Waals surface area contributed by atoms with E-state index in [0.717, 1.165) is 22.5 Å². The second-order valence-corrected chi connectivity index (χ2v) is 8.46. The van der Waals surface area contributed by atoms with Crippen molar-refractivity contribution in [1.29, 1.82) is 0 Å². The third-order valence-electron chi connectivity index (χ3n) is 4.60. The second-order valence-electron chi connectivity index (χ2n) is 7.37. The van der Waals surface area contributed by atoms with Gasteiger partial charge in [0, 0.05) is 19.3 Å². The van der Waals surface area contributed by atoms with Gasteiger partial charge in [-0.25, -0.2) is 14.8 Å². The molecule has 29 heavy (non-hydrogen) atoms. The maximum Gasteiger partial charge on any atom is 0.332 e. The smallest absolute Gasteiger partial charge is 0.332 e. The third kappa shape index (κ3) is 4.53. The highest BCUT2D eigenvalue weighted by Gasteiger charge is 2.18. The Labute approximate surface area is 173 Å². The van der Waals surface area contributed by atoms with E-state index in [1.54, 1.807) is 18.6 Å². The van der Waals surface area contributed by atoms with Gasteiger partial charge in [-0.2, -0.15) is 0 Å². The maximum absolute atomic E-state index is 12.9. The Morgan fingerprint density at radius 2 is 1.83 bits per heavy atom. The first kappa shape index (κ1) is 21.1. The van der Waals surface area contributed by atoms with E-state index in [-0.39, 0.29) is 17.2 Å². The lowest BCUT2D eigenvalue weighted by Crippen LogP contribution is -2.39.